The van der Waals surface area contributed by atoms with Crippen LogP contribution in [0.2, 0.25) is 0 Å². The Balaban J connectivity index is 1.45. The fourth-order valence-corrected chi connectivity index (χ4v) is 4.09. The topological polar surface area (TPSA) is 39.7 Å². The van der Waals surface area contributed by atoms with Crippen molar-refractivity contribution >= 4 is 15.9 Å². The molecule has 4 rings (SSSR count). The van der Waals surface area contributed by atoms with E-state index < -0.39 is 0 Å². The summed E-state index contributed by atoms with van der Waals surface area (Å²) in [6, 6.07) is 4.71. The first-order valence-corrected chi connectivity index (χ1v) is 8.56. The summed E-state index contributed by atoms with van der Waals surface area (Å²) in [5, 5.41) is 3.64. The quantitative estimate of drug-likeness (QED) is 0.906. The maximum atomic E-state index is 5.89. The van der Waals surface area contributed by atoms with E-state index in [4.69, 9.17) is 14.2 Å². The first-order chi connectivity index (χ1) is 10.3. The second-order valence-corrected chi connectivity index (χ2v) is 6.91. The van der Waals surface area contributed by atoms with Gasteiger partial charge in [-0.3, -0.25) is 0 Å². The first kappa shape index (κ1) is 13.9. The molecule has 1 aromatic carbocycles. The number of hydrogen-bond acceptors (Lipinski definition) is 4. The van der Waals surface area contributed by atoms with Gasteiger partial charge in [0.15, 0.2) is 11.5 Å². The van der Waals surface area contributed by atoms with Gasteiger partial charge >= 0.3 is 0 Å². The summed E-state index contributed by atoms with van der Waals surface area (Å²) in [5.41, 5.74) is 1.22. The molecule has 0 radical (unpaired) electrons. The normalized spacial score (nSPS) is 30.4. The average molecular weight is 354 g/mol. The molecule has 3 unspecified atom stereocenters. The highest BCUT2D eigenvalue weighted by molar-refractivity contribution is 9.10. The van der Waals surface area contributed by atoms with Crippen molar-refractivity contribution in [2.24, 2.45) is 0 Å². The third kappa shape index (κ3) is 2.79. The van der Waals surface area contributed by atoms with Gasteiger partial charge in [-0.1, -0.05) is 0 Å². The number of benzene rings is 1. The summed E-state index contributed by atoms with van der Waals surface area (Å²) in [6.07, 6.45) is 5.42. The molecule has 4 nitrogen and oxygen atoms in total. The molecular weight excluding hydrogens is 334 g/mol. The number of nitrogens with one attached hydrogen (secondary N) is 1. The van der Waals surface area contributed by atoms with Crippen LogP contribution in [0, 0.1) is 0 Å². The highest BCUT2D eigenvalue weighted by Crippen LogP contribution is 2.38. The Bertz CT molecular complexity index is 536. The molecule has 0 spiro atoms. The standard InChI is InChI=1S/C16H20BrNO3/c17-12-6-10(7-15-16(12)20-5-1-4-19-15)9-18-13-8-11-2-3-14(13)21-11/h6-7,11,13-14,18H,1-5,8-9H2. The summed E-state index contributed by atoms with van der Waals surface area (Å²) in [4.78, 5) is 0. The van der Waals surface area contributed by atoms with Crippen molar-refractivity contribution in [3.05, 3.63) is 22.2 Å². The Labute approximate surface area is 133 Å². The second-order valence-electron chi connectivity index (χ2n) is 6.05. The Morgan fingerprint density at radius 1 is 1.19 bits per heavy atom. The minimum Gasteiger partial charge on any atom is -0.490 e. The van der Waals surface area contributed by atoms with E-state index in [1.165, 1.54) is 18.4 Å². The Morgan fingerprint density at radius 3 is 2.90 bits per heavy atom. The molecule has 0 aromatic heterocycles. The molecule has 0 amide bonds. The molecular formula is C16H20BrNO3. The second kappa shape index (κ2) is 5.78. The summed E-state index contributed by atoms with van der Waals surface area (Å²) < 4.78 is 18.4. The van der Waals surface area contributed by atoms with Crippen LogP contribution in [0.1, 0.15) is 31.2 Å². The molecule has 3 heterocycles. The number of rotatable bonds is 3. The van der Waals surface area contributed by atoms with Gasteiger partial charge in [0.2, 0.25) is 0 Å². The van der Waals surface area contributed by atoms with E-state index in [1.54, 1.807) is 0 Å². The van der Waals surface area contributed by atoms with Gasteiger partial charge in [-0.15, -0.1) is 0 Å². The molecule has 2 saturated heterocycles. The molecule has 2 fully saturated rings. The number of ether oxygens (including phenoxy) is 3. The molecule has 1 aromatic rings. The van der Waals surface area contributed by atoms with Crippen molar-refractivity contribution in [1.29, 1.82) is 0 Å². The molecule has 21 heavy (non-hydrogen) atoms. The van der Waals surface area contributed by atoms with Gasteiger partial charge < -0.3 is 19.5 Å². The first-order valence-electron chi connectivity index (χ1n) is 7.76. The van der Waals surface area contributed by atoms with Crippen LogP contribution in [0.5, 0.6) is 11.5 Å². The van der Waals surface area contributed by atoms with E-state index in [-0.39, 0.29) is 0 Å². The van der Waals surface area contributed by atoms with Crippen molar-refractivity contribution in [1.82, 2.24) is 5.32 Å². The van der Waals surface area contributed by atoms with E-state index in [2.05, 4.69) is 33.4 Å². The third-order valence-corrected chi connectivity index (χ3v) is 5.13. The van der Waals surface area contributed by atoms with Crippen molar-refractivity contribution in [3.8, 4) is 11.5 Å². The fraction of sp³-hybridized carbons (Fsp3) is 0.625. The van der Waals surface area contributed by atoms with Crippen LogP contribution in [-0.2, 0) is 11.3 Å². The van der Waals surface area contributed by atoms with Crippen molar-refractivity contribution in [2.45, 2.75) is 50.5 Å². The smallest absolute Gasteiger partial charge is 0.175 e. The van der Waals surface area contributed by atoms with Gasteiger partial charge in [-0.05, 0) is 52.9 Å². The zero-order valence-corrected chi connectivity index (χ0v) is 13.5. The molecule has 0 saturated carbocycles. The molecule has 114 valence electrons. The van der Waals surface area contributed by atoms with Gasteiger partial charge in [-0.2, -0.15) is 0 Å². The summed E-state index contributed by atoms with van der Waals surface area (Å²) >= 11 is 3.60. The van der Waals surface area contributed by atoms with E-state index in [0.717, 1.165) is 42.0 Å². The molecule has 0 aliphatic carbocycles. The fourth-order valence-electron chi connectivity index (χ4n) is 3.49. The predicted molar refractivity (Wildman–Crippen MR) is 82.9 cm³/mol. The summed E-state index contributed by atoms with van der Waals surface area (Å²) in [6.45, 7) is 2.27. The lowest BCUT2D eigenvalue weighted by Gasteiger charge is -2.20. The average Bonchev–Trinajstić information content (AvgIpc) is 3.01. The molecule has 3 aliphatic rings. The monoisotopic (exact) mass is 353 g/mol. The van der Waals surface area contributed by atoms with Crippen LogP contribution in [0.15, 0.2) is 16.6 Å². The van der Waals surface area contributed by atoms with Crippen LogP contribution in [0.4, 0.5) is 0 Å². The maximum Gasteiger partial charge on any atom is 0.175 e. The molecule has 5 heteroatoms. The Kier molecular flexibility index (Phi) is 3.81. The minimum atomic E-state index is 0.416. The van der Waals surface area contributed by atoms with E-state index in [0.29, 0.717) is 24.9 Å². The zero-order chi connectivity index (χ0) is 14.2. The van der Waals surface area contributed by atoms with Crippen molar-refractivity contribution in [2.75, 3.05) is 13.2 Å². The van der Waals surface area contributed by atoms with E-state index in [9.17, 15) is 0 Å². The van der Waals surface area contributed by atoms with Gasteiger partial charge in [0.1, 0.15) is 0 Å². The molecule has 1 N–H and O–H groups in total. The lowest BCUT2D eigenvalue weighted by atomic mass is 9.95. The highest BCUT2D eigenvalue weighted by atomic mass is 79.9. The van der Waals surface area contributed by atoms with Crippen LogP contribution >= 0.6 is 15.9 Å². The third-order valence-electron chi connectivity index (χ3n) is 4.54. The van der Waals surface area contributed by atoms with Crippen LogP contribution < -0.4 is 14.8 Å². The van der Waals surface area contributed by atoms with Crippen molar-refractivity contribution in [3.63, 3.8) is 0 Å². The Morgan fingerprint density at radius 2 is 2.10 bits per heavy atom. The summed E-state index contributed by atoms with van der Waals surface area (Å²) in [7, 11) is 0. The molecule has 3 aliphatic heterocycles. The lowest BCUT2D eigenvalue weighted by Crippen LogP contribution is -2.36. The van der Waals surface area contributed by atoms with Crippen molar-refractivity contribution < 1.29 is 14.2 Å². The van der Waals surface area contributed by atoms with Crippen LogP contribution in [0.3, 0.4) is 0 Å². The van der Waals surface area contributed by atoms with E-state index in [1.807, 2.05) is 0 Å². The number of hydrogen-bond donors (Lipinski definition) is 1. The number of halogens is 1. The molecule has 2 bridgehead atoms. The van der Waals surface area contributed by atoms with Gasteiger partial charge in [0.05, 0.1) is 29.9 Å². The van der Waals surface area contributed by atoms with Crippen LogP contribution in [-0.4, -0.2) is 31.5 Å². The molecule has 3 atom stereocenters. The lowest BCUT2D eigenvalue weighted by molar-refractivity contribution is 0.0973. The van der Waals surface area contributed by atoms with Gasteiger partial charge in [-0.25, -0.2) is 0 Å². The minimum absolute atomic E-state index is 0.416. The summed E-state index contributed by atoms with van der Waals surface area (Å²) in [5.74, 6) is 1.68. The van der Waals surface area contributed by atoms with Crippen LogP contribution in [0.25, 0.3) is 0 Å². The predicted octanol–water partition coefficient (Wildman–Crippen LogP) is 3.02. The Hall–Kier alpha value is -0.780. The maximum absolute atomic E-state index is 5.89. The SMILES string of the molecule is Brc1cc(CNC2CC3CCC2O3)cc2c1OCCCO2. The van der Waals surface area contributed by atoms with Gasteiger partial charge in [0, 0.05) is 19.0 Å². The largest absolute Gasteiger partial charge is 0.490 e. The highest BCUT2D eigenvalue weighted by Gasteiger charge is 2.40. The van der Waals surface area contributed by atoms with Gasteiger partial charge in [0.25, 0.3) is 0 Å². The van der Waals surface area contributed by atoms with E-state index >= 15 is 0 Å². The zero-order valence-electron chi connectivity index (χ0n) is 11.9. The number of fused-ring (bicyclic) bond motifs is 3.